The van der Waals surface area contributed by atoms with E-state index in [1.165, 1.54) is 7.05 Å². The number of fused-ring (bicyclic) bond motifs is 3. The number of hydrogen-bond acceptors (Lipinski definition) is 6. The summed E-state index contributed by atoms with van der Waals surface area (Å²) < 4.78 is 16.2. The third-order valence-corrected chi connectivity index (χ3v) is 5.79. The lowest BCUT2D eigenvalue weighted by atomic mass is 9.98. The lowest BCUT2D eigenvalue weighted by Crippen LogP contribution is -2.46. The van der Waals surface area contributed by atoms with Crippen molar-refractivity contribution in [3.05, 3.63) is 59.7 Å². The molecular formula is C27H34N2O7. The van der Waals surface area contributed by atoms with Gasteiger partial charge in [-0.15, -0.1) is 0 Å². The molecule has 2 aromatic rings. The molecule has 1 atom stereocenters. The highest BCUT2D eigenvalue weighted by Gasteiger charge is 2.32. The fraction of sp³-hybridized carbons (Fsp3) is 0.444. The van der Waals surface area contributed by atoms with Crippen molar-refractivity contribution in [2.45, 2.75) is 44.8 Å². The lowest BCUT2D eigenvalue weighted by Gasteiger charge is -2.25. The second kappa shape index (κ2) is 11.9. The van der Waals surface area contributed by atoms with Gasteiger partial charge in [-0.25, -0.2) is 14.4 Å². The molecule has 0 radical (unpaired) electrons. The number of ether oxygens (including phenoxy) is 3. The second-order valence-electron chi connectivity index (χ2n) is 9.63. The minimum Gasteiger partial charge on any atom is -0.480 e. The molecule has 194 valence electrons. The average Bonchev–Trinajstić information content (AvgIpc) is 3.14. The Labute approximate surface area is 211 Å². The van der Waals surface area contributed by atoms with Gasteiger partial charge in [-0.3, -0.25) is 4.90 Å². The molecule has 0 aliphatic heterocycles. The van der Waals surface area contributed by atoms with Crippen LogP contribution in [-0.2, 0) is 19.0 Å². The van der Waals surface area contributed by atoms with E-state index in [9.17, 15) is 19.5 Å². The number of amides is 2. The first kappa shape index (κ1) is 27.0. The van der Waals surface area contributed by atoms with E-state index in [0.717, 1.165) is 27.2 Å². The summed E-state index contributed by atoms with van der Waals surface area (Å²) in [4.78, 5) is 37.2. The van der Waals surface area contributed by atoms with E-state index in [4.69, 9.17) is 14.2 Å². The maximum absolute atomic E-state index is 12.7. The van der Waals surface area contributed by atoms with E-state index >= 15 is 0 Å². The van der Waals surface area contributed by atoms with Gasteiger partial charge in [0.1, 0.15) is 12.2 Å². The van der Waals surface area contributed by atoms with Gasteiger partial charge in [-0.05, 0) is 49.4 Å². The standard InChI is InChI=1S/C27H34N2O7/c1-27(2,3)36-25(32)28-14-9-15-34-17-23(24(30)31)29(4)26(33)35-16-22-20-12-7-5-10-18(20)19-11-6-8-13-21(19)22/h5-8,10-13,22-23H,9,14-17H2,1-4H3,(H,28,32)(H,30,31)/t23-/m0/s1. The summed E-state index contributed by atoms with van der Waals surface area (Å²) in [5, 5.41) is 12.2. The van der Waals surface area contributed by atoms with Crippen LogP contribution in [0.25, 0.3) is 11.1 Å². The number of carboxylic acids is 1. The Morgan fingerprint density at radius 1 is 1.03 bits per heavy atom. The zero-order valence-corrected chi connectivity index (χ0v) is 21.2. The number of rotatable bonds is 10. The minimum absolute atomic E-state index is 0.0979. The maximum atomic E-state index is 12.7. The first-order chi connectivity index (χ1) is 17.1. The summed E-state index contributed by atoms with van der Waals surface area (Å²) in [6.45, 7) is 5.73. The number of carbonyl (C=O) groups excluding carboxylic acids is 2. The highest BCUT2D eigenvalue weighted by atomic mass is 16.6. The Balaban J connectivity index is 1.47. The number of alkyl carbamates (subject to hydrolysis) is 1. The van der Waals surface area contributed by atoms with E-state index in [0.29, 0.717) is 13.0 Å². The van der Waals surface area contributed by atoms with Gasteiger partial charge >= 0.3 is 18.2 Å². The fourth-order valence-corrected chi connectivity index (χ4v) is 4.05. The molecule has 0 unspecified atom stereocenters. The molecule has 1 aliphatic carbocycles. The van der Waals surface area contributed by atoms with Crippen LogP contribution in [0, 0.1) is 0 Å². The predicted molar refractivity (Wildman–Crippen MR) is 134 cm³/mol. The van der Waals surface area contributed by atoms with E-state index in [1.807, 2.05) is 48.5 Å². The lowest BCUT2D eigenvalue weighted by molar-refractivity contribution is -0.144. The highest BCUT2D eigenvalue weighted by Crippen LogP contribution is 2.44. The second-order valence-corrected chi connectivity index (χ2v) is 9.63. The molecule has 2 N–H and O–H groups in total. The Morgan fingerprint density at radius 2 is 1.61 bits per heavy atom. The van der Waals surface area contributed by atoms with Gasteiger partial charge in [0.05, 0.1) is 6.61 Å². The van der Waals surface area contributed by atoms with Gasteiger partial charge < -0.3 is 24.6 Å². The molecule has 9 heteroatoms. The molecule has 36 heavy (non-hydrogen) atoms. The van der Waals surface area contributed by atoms with Crippen molar-refractivity contribution in [3.8, 4) is 11.1 Å². The highest BCUT2D eigenvalue weighted by molar-refractivity contribution is 5.81. The van der Waals surface area contributed by atoms with Crippen LogP contribution in [0.1, 0.15) is 44.2 Å². The van der Waals surface area contributed by atoms with Crippen LogP contribution < -0.4 is 5.32 Å². The van der Waals surface area contributed by atoms with Crippen molar-refractivity contribution < 1.29 is 33.7 Å². The Kier molecular flexibility index (Phi) is 8.93. The van der Waals surface area contributed by atoms with Crippen molar-refractivity contribution in [3.63, 3.8) is 0 Å². The van der Waals surface area contributed by atoms with Crippen molar-refractivity contribution in [1.29, 1.82) is 0 Å². The summed E-state index contributed by atoms with van der Waals surface area (Å²) in [6.07, 6.45) is -0.805. The van der Waals surface area contributed by atoms with E-state index < -0.39 is 29.8 Å². The zero-order chi connectivity index (χ0) is 26.3. The van der Waals surface area contributed by atoms with Crippen molar-refractivity contribution in [2.75, 3.05) is 33.4 Å². The molecule has 2 amide bonds. The normalized spacial score (nSPS) is 13.3. The van der Waals surface area contributed by atoms with Crippen LogP contribution in [-0.4, -0.2) is 73.2 Å². The summed E-state index contributed by atoms with van der Waals surface area (Å²) in [5.41, 5.74) is 3.79. The fourth-order valence-electron chi connectivity index (χ4n) is 4.05. The third kappa shape index (κ3) is 6.97. The summed E-state index contributed by atoms with van der Waals surface area (Å²) >= 11 is 0. The van der Waals surface area contributed by atoms with Crippen LogP contribution in [0.5, 0.6) is 0 Å². The van der Waals surface area contributed by atoms with Crippen LogP contribution >= 0.6 is 0 Å². The molecule has 0 fully saturated rings. The van der Waals surface area contributed by atoms with E-state index in [2.05, 4.69) is 5.32 Å². The maximum Gasteiger partial charge on any atom is 0.410 e. The van der Waals surface area contributed by atoms with Crippen LogP contribution in [0.4, 0.5) is 9.59 Å². The van der Waals surface area contributed by atoms with Gasteiger partial charge in [0.2, 0.25) is 0 Å². The number of nitrogens with zero attached hydrogens (tertiary/aromatic N) is 1. The van der Waals surface area contributed by atoms with E-state index in [-0.39, 0.29) is 25.7 Å². The van der Waals surface area contributed by atoms with Crippen LogP contribution in [0.2, 0.25) is 0 Å². The van der Waals surface area contributed by atoms with E-state index in [1.54, 1.807) is 20.8 Å². The Hall–Kier alpha value is -3.59. The Bertz CT molecular complexity index is 1030. The predicted octanol–water partition coefficient (Wildman–Crippen LogP) is 4.25. The third-order valence-electron chi connectivity index (χ3n) is 5.79. The number of carbonyl (C=O) groups is 3. The smallest absolute Gasteiger partial charge is 0.410 e. The molecule has 0 heterocycles. The monoisotopic (exact) mass is 498 g/mol. The number of hydrogen-bond donors (Lipinski definition) is 2. The van der Waals surface area contributed by atoms with Gasteiger partial charge in [0.15, 0.2) is 6.04 Å². The number of likely N-dealkylation sites (N-methyl/N-ethyl adjacent to an activating group) is 1. The number of aliphatic carboxylic acids is 1. The van der Waals surface area contributed by atoms with Crippen LogP contribution in [0.3, 0.4) is 0 Å². The first-order valence-electron chi connectivity index (χ1n) is 11.9. The quantitative estimate of drug-likeness (QED) is 0.471. The van der Waals surface area contributed by atoms with Gasteiger partial charge in [0.25, 0.3) is 0 Å². The van der Waals surface area contributed by atoms with Gasteiger partial charge in [-0.1, -0.05) is 48.5 Å². The first-order valence-corrected chi connectivity index (χ1v) is 11.9. The SMILES string of the molecule is CN(C(=O)OCC1c2ccccc2-c2ccccc21)[C@@H](COCCCNC(=O)OC(C)(C)C)C(=O)O. The minimum atomic E-state index is -1.21. The zero-order valence-electron chi connectivity index (χ0n) is 21.2. The molecule has 0 saturated carbocycles. The number of nitrogens with one attached hydrogen (secondary N) is 1. The molecule has 0 aromatic heterocycles. The molecule has 0 bridgehead atoms. The topological polar surface area (TPSA) is 114 Å². The van der Waals surface area contributed by atoms with Crippen molar-refractivity contribution >= 4 is 18.2 Å². The summed E-state index contributed by atoms with van der Waals surface area (Å²) in [5.74, 6) is -1.32. The molecule has 0 spiro atoms. The molecule has 3 rings (SSSR count). The largest absolute Gasteiger partial charge is 0.480 e. The van der Waals surface area contributed by atoms with Crippen molar-refractivity contribution in [2.24, 2.45) is 0 Å². The molecule has 2 aromatic carbocycles. The average molecular weight is 499 g/mol. The number of benzene rings is 2. The van der Waals surface area contributed by atoms with Crippen LogP contribution in [0.15, 0.2) is 48.5 Å². The Morgan fingerprint density at radius 3 is 2.17 bits per heavy atom. The molecule has 9 nitrogen and oxygen atoms in total. The number of carboxylic acid groups (broad SMARTS) is 1. The van der Waals surface area contributed by atoms with Crippen molar-refractivity contribution in [1.82, 2.24) is 10.2 Å². The summed E-state index contributed by atoms with van der Waals surface area (Å²) in [7, 11) is 1.38. The molecular weight excluding hydrogens is 464 g/mol. The van der Waals surface area contributed by atoms with Gasteiger partial charge in [-0.2, -0.15) is 0 Å². The summed E-state index contributed by atoms with van der Waals surface area (Å²) in [6, 6.07) is 14.8. The van der Waals surface area contributed by atoms with Gasteiger partial charge in [0, 0.05) is 26.1 Å². The molecule has 1 aliphatic rings. The molecule has 0 saturated heterocycles.